The molecular weight excluding hydrogens is 414 g/mol. The molecule has 4 aromatic rings. The van der Waals surface area contributed by atoms with E-state index >= 15 is 0 Å². The van der Waals surface area contributed by atoms with Gasteiger partial charge in [0.1, 0.15) is 11.5 Å². The number of carbonyl (C=O) groups is 1. The van der Waals surface area contributed by atoms with Crippen LogP contribution in [0.4, 0.5) is 10.5 Å². The van der Waals surface area contributed by atoms with Crippen LogP contribution in [-0.4, -0.2) is 29.7 Å². The van der Waals surface area contributed by atoms with Crippen LogP contribution in [0.15, 0.2) is 91.1 Å². The van der Waals surface area contributed by atoms with E-state index in [1.807, 2.05) is 41.3 Å². The van der Waals surface area contributed by atoms with Gasteiger partial charge in [-0.2, -0.15) is 0 Å². The zero-order valence-electron chi connectivity index (χ0n) is 18.6. The standard InChI is InChI=1S/C27H25N3O3/c1-32-21-14-15-25(33-2)22(17-21)28-27(31)30-18-20-11-6-7-12-23(20)29-16-8-13-24(29)26(30)19-9-4-3-5-10-19/h3-17,26H,18H2,1-2H3,(H,28,31)/t26-/m0/s1. The molecule has 1 aliphatic heterocycles. The molecule has 0 fully saturated rings. The summed E-state index contributed by atoms with van der Waals surface area (Å²) in [5.41, 5.74) is 4.77. The Morgan fingerprint density at radius 1 is 0.909 bits per heavy atom. The Kier molecular flexibility index (Phi) is 5.48. The molecule has 3 aromatic carbocycles. The third-order valence-corrected chi connectivity index (χ3v) is 5.99. The highest BCUT2D eigenvalue weighted by molar-refractivity contribution is 5.92. The molecule has 0 saturated carbocycles. The number of amides is 2. The SMILES string of the molecule is COc1ccc(OC)c(NC(=O)N2Cc3ccccc3-n3cccc3[C@@H]2c2ccccc2)c1. The molecule has 2 amide bonds. The van der Waals surface area contributed by atoms with Gasteiger partial charge in [-0.15, -0.1) is 0 Å². The van der Waals surface area contributed by atoms with Gasteiger partial charge in [-0.05, 0) is 41.5 Å². The lowest BCUT2D eigenvalue weighted by atomic mass is 10.0. The van der Waals surface area contributed by atoms with Gasteiger partial charge in [0, 0.05) is 18.0 Å². The van der Waals surface area contributed by atoms with E-state index in [9.17, 15) is 4.79 Å². The van der Waals surface area contributed by atoms with E-state index in [-0.39, 0.29) is 12.1 Å². The number of fused-ring (bicyclic) bond motifs is 3. The van der Waals surface area contributed by atoms with E-state index in [4.69, 9.17) is 9.47 Å². The second-order valence-corrected chi connectivity index (χ2v) is 7.87. The number of carbonyl (C=O) groups excluding carboxylic acids is 1. The zero-order valence-corrected chi connectivity index (χ0v) is 18.6. The maximum absolute atomic E-state index is 13.8. The summed E-state index contributed by atoms with van der Waals surface area (Å²) in [7, 11) is 3.18. The molecule has 0 saturated heterocycles. The van der Waals surface area contributed by atoms with Crippen LogP contribution in [0.1, 0.15) is 22.9 Å². The molecule has 2 heterocycles. The second kappa shape index (κ2) is 8.74. The third-order valence-electron chi connectivity index (χ3n) is 5.99. The highest BCUT2D eigenvalue weighted by Gasteiger charge is 2.33. The summed E-state index contributed by atoms with van der Waals surface area (Å²) >= 11 is 0. The Labute approximate surface area is 193 Å². The number of nitrogens with one attached hydrogen (secondary N) is 1. The highest BCUT2D eigenvalue weighted by atomic mass is 16.5. The Morgan fingerprint density at radius 3 is 2.48 bits per heavy atom. The monoisotopic (exact) mass is 439 g/mol. The molecule has 0 spiro atoms. The van der Waals surface area contributed by atoms with Crippen molar-refractivity contribution in [2.45, 2.75) is 12.6 Å². The van der Waals surface area contributed by atoms with E-state index < -0.39 is 0 Å². The topological polar surface area (TPSA) is 55.7 Å². The van der Waals surface area contributed by atoms with Gasteiger partial charge in [0.25, 0.3) is 0 Å². The molecule has 1 aliphatic rings. The predicted octanol–water partition coefficient (Wildman–Crippen LogP) is 5.63. The lowest BCUT2D eigenvalue weighted by Gasteiger charge is -2.31. The number of rotatable bonds is 4. The zero-order chi connectivity index (χ0) is 22.8. The summed E-state index contributed by atoms with van der Waals surface area (Å²) in [4.78, 5) is 15.7. The van der Waals surface area contributed by atoms with Crippen LogP contribution in [-0.2, 0) is 6.54 Å². The molecule has 1 N–H and O–H groups in total. The minimum atomic E-state index is -0.273. The fourth-order valence-electron chi connectivity index (χ4n) is 4.42. The van der Waals surface area contributed by atoms with E-state index in [1.54, 1.807) is 32.4 Å². The molecule has 1 atom stereocenters. The van der Waals surface area contributed by atoms with Crippen molar-refractivity contribution in [1.82, 2.24) is 9.47 Å². The van der Waals surface area contributed by atoms with Crippen LogP contribution in [0.2, 0.25) is 0 Å². The van der Waals surface area contributed by atoms with Crippen LogP contribution in [0.3, 0.4) is 0 Å². The largest absolute Gasteiger partial charge is 0.497 e. The Bertz CT molecular complexity index is 1280. The maximum atomic E-state index is 13.8. The van der Waals surface area contributed by atoms with E-state index in [0.29, 0.717) is 23.7 Å². The number of anilines is 1. The molecule has 0 unspecified atom stereocenters. The van der Waals surface area contributed by atoms with Gasteiger partial charge < -0.3 is 24.3 Å². The van der Waals surface area contributed by atoms with Crippen molar-refractivity contribution < 1.29 is 14.3 Å². The maximum Gasteiger partial charge on any atom is 0.323 e. The number of methoxy groups -OCH3 is 2. The first-order chi connectivity index (χ1) is 16.2. The van der Waals surface area contributed by atoms with Crippen molar-refractivity contribution >= 4 is 11.7 Å². The van der Waals surface area contributed by atoms with Crippen molar-refractivity contribution in [1.29, 1.82) is 0 Å². The molecular formula is C27H25N3O3. The average molecular weight is 440 g/mol. The number of aromatic nitrogens is 1. The molecule has 166 valence electrons. The summed E-state index contributed by atoms with van der Waals surface area (Å²) in [6.45, 7) is 0.454. The van der Waals surface area contributed by atoms with Crippen molar-refractivity contribution in [3.05, 3.63) is 108 Å². The smallest absolute Gasteiger partial charge is 0.323 e. The molecule has 33 heavy (non-hydrogen) atoms. The van der Waals surface area contributed by atoms with Crippen LogP contribution in [0, 0.1) is 0 Å². The number of para-hydroxylation sites is 1. The number of hydrogen-bond donors (Lipinski definition) is 1. The van der Waals surface area contributed by atoms with Crippen molar-refractivity contribution in [3.8, 4) is 17.2 Å². The van der Waals surface area contributed by atoms with Crippen LogP contribution >= 0.6 is 0 Å². The minimum Gasteiger partial charge on any atom is -0.497 e. The van der Waals surface area contributed by atoms with Crippen LogP contribution in [0.25, 0.3) is 5.69 Å². The predicted molar refractivity (Wildman–Crippen MR) is 128 cm³/mol. The van der Waals surface area contributed by atoms with Crippen molar-refractivity contribution in [3.63, 3.8) is 0 Å². The molecule has 6 nitrogen and oxygen atoms in total. The lowest BCUT2D eigenvalue weighted by molar-refractivity contribution is 0.194. The Balaban J connectivity index is 1.61. The number of urea groups is 1. The summed E-state index contributed by atoms with van der Waals surface area (Å²) in [6, 6.07) is 27.3. The quantitative estimate of drug-likeness (QED) is 0.448. The van der Waals surface area contributed by atoms with Gasteiger partial charge in [-0.25, -0.2) is 4.79 Å². The summed E-state index contributed by atoms with van der Waals surface area (Å²) in [6.07, 6.45) is 2.05. The third kappa shape index (κ3) is 3.80. The highest BCUT2D eigenvalue weighted by Crippen LogP contribution is 2.37. The first-order valence-corrected chi connectivity index (χ1v) is 10.8. The molecule has 5 rings (SSSR count). The van der Waals surface area contributed by atoms with Crippen LogP contribution < -0.4 is 14.8 Å². The lowest BCUT2D eigenvalue weighted by Crippen LogP contribution is -2.38. The van der Waals surface area contributed by atoms with E-state index in [2.05, 4.69) is 46.4 Å². The molecule has 0 bridgehead atoms. The first kappa shape index (κ1) is 20.7. The second-order valence-electron chi connectivity index (χ2n) is 7.87. The fourth-order valence-corrected chi connectivity index (χ4v) is 4.42. The Morgan fingerprint density at radius 2 is 1.70 bits per heavy atom. The average Bonchev–Trinajstić information content (AvgIpc) is 3.28. The van der Waals surface area contributed by atoms with Gasteiger partial charge in [0.15, 0.2) is 0 Å². The van der Waals surface area contributed by atoms with E-state index in [1.165, 1.54) is 0 Å². The fraction of sp³-hybridized carbons (Fsp3) is 0.148. The summed E-state index contributed by atoms with van der Waals surface area (Å²) in [5, 5.41) is 3.06. The van der Waals surface area contributed by atoms with E-state index in [0.717, 1.165) is 22.5 Å². The Hall–Kier alpha value is -4.19. The summed E-state index contributed by atoms with van der Waals surface area (Å²) in [5.74, 6) is 1.21. The number of benzene rings is 3. The molecule has 0 radical (unpaired) electrons. The van der Waals surface area contributed by atoms with Gasteiger partial charge >= 0.3 is 6.03 Å². The van der Waals surface area contributed by atoms with Crippen LogP contribution in [0.5, 0.6) is 11.5 Å². The minimum absolute atomic E-state index is 0.222. The van der Waals surface area contributed by atoms with Crippen molar-refractivity contribution in [2.75, 3.05) is 19.5 Å². The first-order valence-electron chi connectivity index (χ1n) is 10.8. The van der Waals surface area contributed by atoms with Gasteiger partial charge in [0.2, 0.25) is 0 Å². The van der Waals surface area contributed by atoms with Crippen molar-refractivity contribution in [2.24, 2.45) is 0 Å². The molecule has 0 aliphatic carbocycles. The molecule has 1 aromatic heterocycles. The van der Waals surface area contributed by atoms with Gasteiger partial charge in [0.05, 0.1) is 38.2 Å². The number of ether oxygens (including phenoxy) is 2. The number of nitrogens with zero attached hydrogens (tertiary/aromatic N) is 2. The van der Waals surface area contributed by atoms with Gasteiger partial charge in [-0.3, -0.25) is 0 Å². The number of hydrogen-bond acceptors (Lipinski definition) is 3. The summed E-state index contributed by atoms with van der Waals surface area (Å²) < 4.78 is 13.0. The normalized spacial score (nSPS) is 14.6. The van der Waals surface area contributed by atoms with Gasteiger partial charge in [-0.1, -0.05) is 48.5 Å². The molecule has 6 heteroatoms.